The second kappa shape index (κ2) is 8.33. The maximum absolute atomic E-state index is 11.8. The highest BCUT2D eigenvalue weighted by Crippen LogP contribution is 2.28. The average molecular weight is 359 g/mol. The fourth-order valence-electron chi connectivity index (χ4n) is 2.01. The third-order valence-corrected chi connectivity index (χ3v) is 3.27. The molecule has 2 aromatic carbocycles. The Morgan fingerprint density at radius 1 is 1.00 bits per heavy atom. The summed E-state index contributed by atoms with van der Waals surface area (Å²) in [6.45, 7) is -0.909. The van der Waals surface area contributed by atoms with Crippen molar-refractivity contribution in [2.75, 3.05) is 18.5 Å². The Morgan fingerprint density at radius 2 is 1.69 bits per heavy atom. The van der Waals surface area contributed by atoms with Crippen LogP contribution >= 0.6 is 0 Å². The van der Waals surface area contributed by atoms with Crippen LogP contribution < -0.4 is 5.32 Å². The molecule has 10 nitrogen and oxygen atoms in total. The molecule has 0 aliphatic rings. The number of Topliss-reactive ketones (excluding diaryl/α,β-unsaturated/α-hetero) is 1. The van der Waals surface area contributed by atoms with Crippen LogP contribution in [0.25, 0.3) is 0 Å². The lowest BCUT2D eigenvalue weighted by Crippen LogP contribution is -2.21. The molecule has 0 aromatic heterocycles. The number of nitrogens with zero attached hydrogens (tertiary/aromatic N) is 2. The molecule has 10 heteroatoms. The zero-order valence-electron chi connectivity index (χ0n) is 13.3. The molecule has 0 aliphatic carbocycles. The van der Waals surface area contributed by atoms with Gasteiger partial charge in [-0.1, -0.05) is 30.3 Å². The molecule has 0 unspecified atom stereocenters. The van der Waals surface area contributed by atoms with Crippen molar-refractivity contribution >= 4 is 28.8 Å². The number of carbonyl (C=O) groups excluding carboxylic acids is 2. The molecule has 0 saturated carbocycles. The van der Waals surface area contributed by atoms with Gasteiger partial charge in [-0.15, -0.1) is 0 Å². The molecule has 0 radical (unpaired) electrons. The molecule has 134 valence electrons. The monoisotopic (exact) mass is 359 g/mol. The third-order valence-electron chi connectivity index (χ3n) is 3.27. The summed E-state index contributed by atoms with van der Waals surface area (Å²) in [5.41, 5.74) is -0.683. The van der Waals surface area contributed by atoms with Crippen LogP contribution in [0.15, 0.2) is 48.5 Å². The van der Waals surface area contributed by atoms with Crippen LogP contribution in [0.4, 0.5) is 17.1 Å². The van der Waals surface area contributed by atoms with Gasteiger partial charge in [0.15, 0.2) is 12.4 Å². The number of anilines is 1. The van der Waals surface area contributed by atoms with E-state index in [9.17, 15) is 29.8 Å². The Kier molecular flexibility index (Phi) is 5.93. The summed E-state index contributed by atoms with van der Waals surface area (Å²) in [6.07, 6.45) is 0. The first-order chi connectivity index (χ1) is 12.4. The topological polar surface area (TPSA) is 142 Å². The summed E-state index contributed by atoms with van der Waals surface area (Å²) in [7, 11) is 0. The fourth-order valence-corrected chi connectivity index (χ4v) is 2.01. The minimum atomic E-state index is -0.806. The highest BCUT2D eigenvalue weighted by molar-refractivity contribution is 5.98. The van der Waals surface area contributed by atoms with Gasteiger partial charge >= 0.3 is 5.97 Å². The van der Waals surface area contributed by atoms with Crippen molar-refractivity contribution in [1.29, 1.82) is 0 Å². The van der Waals surface area contributed by atoms with Crippen LogP contribution in [0, 0.1) is 20.2 Å². The molecule has 0 bridgehead atoms. The molecule has 2 rings (SSSR count). The summed E-state index contributed by atoms with van der Waals surface area (Å²) in [5.74, 6) is -1.19. The van der Waals surface area contributed by atoms with E-state index in [0.717, 1.165) is 18.2 Å². The van der Waals surface area contributed by atoms with E-state index < -0.39 is 40.3 Å². The van der Waals surface area contributed by atoms with Crippen LogP contribution in [0.3, 0.4) is 0 Å². The lowest BCUT2D eigenvalue weighted by molar-refractivity contribution is -0.393. The third kappa shape index (κ3) is 4.84. The number of non-ortho nitro benzene ring substituents is 1. The van der Waals surface area contributed by atoms with Gasteiger partial charge in [-0.25, -0.2) is 0 Å². The van der Waals surface area contributed by atoms with E-state index in [1.54, 1.807) is 30.3 Å². The second-order valence-electron chi connectivity index (χ2n) is 5.02. The predicted octanol–water partition coefficient (Wildman–Crippen LogP) is 2.34. The van der Waals surface area contributed by atoms with Crippen LogP contribution in [0.2, 0.25) is 0 Å². The number of benzene rings is 2. The van der Waals surface area contributed by atoms with Gasteiger partial charge in [-0.05, 0) is 6.07 Å². The lowest BCUT2D eigenvalue weighted by atomic mass is 10.1. The minimum Gasteiger partial charge on any atom is -0.456 e. The molecule has 0 fully saturated rings. The molecule has 0 amide bonds. The number of nitro benzene ring substituents is 2. The SMILES string of the molecule is O=C(CNc1ccc([N+](=O)[O-])cc1[N+](=O)[O-])OCC(=O)c1ccccc1. The molecular formula is C16H13N3O7. The van der Waals surface area contributed by atoms with E-state index >= 15 is 0 Å². The lowest BCUT2D eigenvalue weighted by Gasteiger charge is -2.07. The van der Waals surface area contributed by atoms with Crippen molar-refractivity contribution in [2.24, 2.45) is 0 Å². The number of ketones is 1. The van der Waals surface area contributed by atoms with Gasteiger partial charge in [0.2, 0.25) is 0 Å². The van der Waals surface area contributed by atoms with E-state index in [-0.39, 0.29) is 11.5 Å². The van der Waals surface area contributed by atoms with Gasteiger partial charge in [-0.3, -0.25) is 29.8 Å². The number of hydrogen-bond acceptors (Lipinski definition) is 8. The van der Waals surface area contributed by atoms with Gasteiger partial charge in [0, 0.05) is 11.6 Å². The first kappa shape index (κ1) is 18.5. The Labute approximate surface area is 146 Å². The van der Waals surface area contributed by atoms with Crippen LogP contribution in [0.1, 0.15) is 10.4 Å². The molecule has 2 aromatic rings. The van der Waals surface area contributed by atoms with E-state index in [1.165, 1.54) is 0 Å². The van der Waals surface area contributed by atoms with Crippen molar-refractivity contribution in [3.8, 4) is 0 Å². The Morgan fingerprint density at radius 3 is 2.31 bits per heavy atom. The van der Waals surface area contributed by atoms with Crippen molar-refractivity contribution in [3.63, 3.8) is 0 Å². The summed E-state index contributed by atoms with van der Waals surface area (Å²) in [4.78, 5) is 43.6. The van der Waals surface area contributed by atoms with Gasteiger partial charge in [0.05, 0.1) is 15.9 Å². The summed E-state index contributed by atoms with van der Waals surface area (Å²) >= 11 is 0. The normalized spacial score (nSPS) is 10.0. The van der Waals surface area contributed by atoms with E-state index in [4.69, 9.17) is 4.74 Å². The first-order valence-electron chi connectivity index (χ1n) is 7.29. The quantitative estimate of drug-likeness (QED) is 0.327. The first-order valence-corrected chi connectivity index (χ1v) is 7.29. The number of carbonyl (C=O) groups is 2. The van der Waals surface area contributed by atoms with E-state index in [1.807, 2.05) is 0 Å². The second-order valence-corrected chi connectivity index (χ2v) is 5.02. The van der Waals surface area contributed by atoms with Gasteiger partial charge in [0.25, 0.3) is 11.4 Å². The van der Waals surface area contributed by atoms with E-state index in [0.29, 0.717) is 5.56 Å². The molecule has 0 atom stereocenters. The van der Waals surface area contributed by atoms with Gasteiger partial charge in [0.1, 0.15) is 12.2 Å². The Hall–Kier alpha value is -3.82. The van der Waals surface area contributed by atoms with Crippen molar-refractivity contribution < 1.29 is 24.2 Å². The predicted molar refractivity (Wildman–Crippen MR) is 90.0 cm³/mol. The zero-order valence-corrected chi connectivity index (χ0v) is 13.3. The number of ether oxygens (including phenoxy) is 1. The van der Waals surface area contributed by atoms with Crippen LogP contribution in [-0.4, -0.2) is 34.8 Å². The standard InChI is InChI=1S/C16H13N3O7/c20-15(11-4-2-1-3-5-11)10-26-16(21)9-17-13-7-6-12(18(22)23)8-14(13)19(24)25/h1-8,17H,9-10H2. The highest BCUT2D eigenvalue weighted by atomic mass is 16.6. The molecule has 0 aliphatic heterocycles. The number of hydrogen-bond donors (Lipinski definition) is 1. The number of rotatable bonds is 8. The maximum atomic E-state index is 11.8. The summed E-state index contributed by atoms with van der Waals surface area (Å²) in [5, 5.41) is 24.1. The molecule has 1 N–H and O–H groups in total. The van der Waals surface area contributed by atoms with Crippen molar-refractivity contribution in [2.45, 2.75) is 0 Å². The average Bonchev–Trinajstić information content (AvgIpc) is 2.64. The van der Waals surface area contributed by atoms with Crippen LogP contribution in [-0.2, 0) is 9.53 Å². The van der Waals surface area contributed by atoms with E-state index in [2.05, 4.69) is 5.32 Å². The van der Waals surface area contributed by atoms with Crippen molar-refractivity contribution in [1.82, 2.24) is 0 Å². The smallest absolute Gasteiger partial charge is 0.325 e. The Bertz CT molecular complexity index is 852. The molecule has 26 heavy (non-hydrogen) atoms. The fraction of sp³-hybridized carbons (Fsp3) is 0.125. The summed E-state index contributed by atoms with van der Waals surface area (Å²) < 4.78 is 4.81. The number of nitrogens with one attached hydrogen (secondary N) is 1. The number of nitro groups is 2. The Balaban J connectivity index is 1.94. The minimum absolute atomic E-state index is 0.0769. The summed E-state index contributed by atoms with van der Waals surface area (Å²) in [6, 6.07) is 11.2. The number of esters is 1. The maximum Gasteiger partial charge on any atom is 0.325 e. The van der Waals surface area contributed by atoms with Gasteiger partial charge < -0.3 is 10.1 Å². The largest absolute Gasteiger partial charge is 0.456 e. The highest BCUT2D eigenvalue weighted by Gasteiger charge is 2.20. The molecule has 0 heterocycles. The van der Waals surface area contributed by atoms with Crippen LogP contribution in [0.5, 0.6) is 0 Å². The zero-order chi connectivity index (χ0) is 19.1. The van der Waals surface area contributed by atoms with Crippen molar-refractivity contribution in [3.05, 3.63) is 74.3 Å². The molecule has 0 saturated heterocycles. The molecule has 0 spiro atoms. The van der Waals surface area contributed by atoms with Gasteiger partial charge in [-0.2, -0.15) is 0 Å². The molecular weight excluding hydrogens is 346 g/mol.